The fourth-order valence-corrected chi connectivity index (χ4v) is 2.94. The van der Waals surface area contributed by atoms with Gasteiger partial charge in [0.2, 0.25) is 0 Å². The molecule has 1 heterocycles. The van der Waals surface area contributed by atoms with Gasteiger partial charge in [0.25, 0.3) is 0 Å². The highest BCUT2D eigenvalue weighted by molar-refractivity contribution is 8.14. The maximum atomic E-state index is 5.55. The van der Waals surface area contributed by atoms with Crippen molar-refractivity contribution in [3.8, 4) is 0 Å². The van der Waals surface area contributed by atoms with Crippen LogP contribution in [0.15, 0.2) is 35.3 Å². The lowest BCUT2D eigenvalue weighted by molar-refractivity contribution is 0.122. The number of hydrogen-bond acceptors (Lipinski definition) is 5. The van der Waals surface area contributed by atoms with Crippen molar-refractivity contribution in [2.45, 2.75) is 5.25 Å². The van der Waals surface area contributed by atoms with Gasteiger partial charge in [-0.05, 0) is 19.7 Å². The van der Waals surface area contributed by atoms with Gasteiger partial charge in [0.05, 0.1) is 25.0 Å². The first-order valence-corrected chi connectivity index (χ1v) is 7.86. The smallest absolute Gasteiger partial charge is 0.157 e. The first-order chi connectivity index (χ1) is 9.75. The first kappa shape index (κ1) is 15.4. The van der Waals surface area contributed by atoms with Crippen LogP contribution in [-0.2, 0) is 4.74 Å². The number of ether oxygens (including phenoxy) is 1. The Balaban J connectivity index is 1.59. The van der Waals surface area contributed by atoms with Crippen molar-refractivity contribution in [1.29, 1.82) is 0 Å². The average Bonchev–Trinajstić information content (AvgIpc) is 2.92. The highest BCUT2D eigenvalue weighted by Crippen LogP contribution is 2.33. The van der Waals surface area contributed by atoms with Crippen molar-refractivity contribution in [3.05, 3.63) is 35.9 Å². The number of hydrogen-bond donors (Lipinski definition) is 1. The predicted octanol–water partition coefficient (Wildman–Crippen LogP) is 2.00. The van der Waals surface area contributed by atoms with Crippen LogP contribution in [-0.4, -0.2) is 57.0 Å². The summed E-state index contributed by atoms with van der Waals surface area (Å²) in [4.78, 5) is 6.66. The van der Waals surface area contributed by atoms with Gasteiger partial charge in [-0.2, -0.15) is 0 Å². The molecule has 0 bridgehead atoms. The van der Waals surface area contributed by atoms with E-state index in [4.69, 9.17) is 4.74 Å². The van der Waals surface area contributed by atoms with Crippen LogP contribution < -0.4 is 5.32 Å². The van der Waals surface area contributed by atoms with Crippen molar-refractivity contribution in [2.24, 2.45) is 4.99 Å². The maximum absolute atomic E-state index is 5.55. The van der Waals surface area contributed by atoms with E-state index in [-0.39, 0.29) is 0 Å². The Kier molecular flexibility index (Phi) is 6.36. The third kappa shape index (κ3) is 5.15. The van der Waals surface area contributed by atoms with E-state index < -0.39 is 0 Å². The minimum absolute atomic E-state index is 0.452. The van der Waals surface area contributed by atoms with E-state index in [0.717, 1.165) is 38.0 Å². The van der Waals surface area contributed by atoms with E-state index in [9.17, 15) is 0 Å². The van der Waals surface area contributed by atoms with Gasteiger partial charge >= 0.3 is 0 Å². The first-order valence-electron chi connectivity index (χ1n) is 6.98. The zero-order valence-electron chi connectivity index (χ0n) is 12.2. The second-order valence-corrected chi connectivity index (χ2v) is 6.20. The number of amidine groups is 1. The van der Waals surface area contributed by atoms with Crippen molar-refractivity contribution >= 4 is 16.9 Å². The SMILES string of the molecule is CN(C)CCOCCNC1=NCC(c2ccccc2)S1. The van der Waals surface area contributed by atoms with E-state index in [1.54, 1.807) is 0 Å². The molecule has 0 spiro atoms. The molecule has 20 heavy (non-hydrogen) atoms. The molecule has 0 amide bonds. The fourth-order valence-electron chi connectivity index (χ4n) is 1.89. The van der Waals surface area contributed by atoms with Crippen LogP contribution in [0.4, 0.5) is 0 Å². The topological polar surface area (TPSA) is 36.9 Å². The number of rotatable bonds is 7. The summed E-state index contributed by atoms with van der Waals surface area (Å²) in [5.41, 5.74) is 1.35. The van der Waals surface area contributed by atoms with Gasteiger partial charge in [-0.15, -0.1) is 0 Å². The number of benzene rings is 1. The van der Waals surface area contributed by atoms with E-state index in [1.807, 2.05) is 17.8 Å². The molecule has 2 rings (SSSR count). The molecule has 1 atom stereocenters. The molecule has 0 aromatic heterocycles. The zero-order chi connectivity index (χ0) is 14.2. The van der Waals surface area contributed by atoms with Crippen LogP contribution >= 0.6 is 11.8 Å². The standard InChI is InChI=1S/C15H23N3OS/c1-18(2)9-11-19-10-8-16-15-17-12-14(20-15)13-6-4-3-5-7-13/h3-7,14H,8-12H2,1-2H3,(H,16,17). The van der Waals surface area contributed by atoms with Crippen molar-refractivity contribution in [2.75, 3.05) is 46.9 Å². The molecule has 1 N–H and O–H groups in total. The number of nitrogens with one attached hydrogen (secondary N) is 1. The zero-order valence-corrected chi connectivity index (χ0v) is 13.0. The summed E-state index contributed by atoms with van der Waals surface area (Å²) >= 11 is 1.81. The Labute approximate surface area is 125 Å². The Bertz CT molecular complexity index is 422. The normalized spacial score (nSPS) is 18.4. The maximum Gasteiger partial charge on any atom is 0.157 e. The van der Waals surface area contributed by atoms with Crippen molar-refractivity contribution < 1.29 is 4.74 Å². The van der Waals surface area contributed by atoms with E-state index in [2.05, 4.69) is 53.6 Å². The molecule has 0 aliphatic carbocycles. The average molecular weight is 293 g/mol. The summed E-state index contributed by atoms with van der Waals surface area (Å²) in [6, 6.07) is 10.6. The molecule has 0 saturated carbocycles. The molecule has 1 aromatic carbocycles. The van der Waals surface area contributed by atoms with Gasteiger partial charge in [0, 0.05) is 13.1 Å². The highest BCUT2D eigenvalue weighted by atomic mass is 32.2. The molecule has 0 saturated heterocycles. The quantitative estimate of drug-likeness (QED) is 0.780. The summed E-state index contributed by atoms with van der Waals surface area (Å²) in [6.07, 6.45) is 0. The summed E-state index contributed by atoms with van der Waals surface area (Å²) in [7, 11) is 4.10. The Hall–Kier alpha value is -1.04. The number of likely N-dealkylation sites (N-methyl/N-ethyl adjacent to an activating group) is 1. The van der Waals surface area contributed by atoms with Gasteiger partial charge in [-0.3, -0.25) is 4.99 Å². The third-order valence-electron chi connectivity index (χ3n) is 3.03. The summed E-state index contributed by atoms with van der Waals surface area (Å²) < 4.78 is 5.55. The predicted molar refractivity (Wildman–Crippen MR) is 86.5 cm³/mol. The van der Waals surface area contributed by atoms with Crippen molar-refractivity contribution in [3.63, 3.8) is 0 Å². The molecular weight excluding hydrogens is 270 g/mol. The van der Waals surface area contributed by atoms with E-state index in [1.165, 1.54) is 5.56 Å². The van der Waals surface area contributed by atoms with Gasteiger partial charge < -0.3 is 15.0 Å². The van der Waals surface area contributed by atoms with Crippen molar-refractivity contribution in [1.82, 2.24) is 10.2 Å². The van der Waals surface area contributed by atoms with Gasteiger partial charge in [-0.1, -0.05) is 42.1 Å². The summed E-state index contributed by atoms with van der Waals surface area (Å²) in [5.74, 6) is 0. The molecule has 1 aromatic rings. The number of nitrogens with zero attached hydrogens (tertiary/aromatic N) is 2. The minimum atomic E-state index is 0.452. The molecule has 1 aliphatic rings. The number of aliphatic imine (C=N–C) groups is 1. The third-order valence-corrected chi connectivity index (χ3v) is 4.23. The van der Waals surface area contributed by atoms with Gasteiger partial charge in [0.15, 0.2) is 5.17 Å². The second kappa shape index (κ2) is 8.29. The molecule has 5 heteroatoms. The van der Waals surface area contributed by atoms with Crippen LogP contribution in [0.25, 0.3) is 0 Å². The van der Waals surface area contributed by atoms with Crippen LogP contribution in [0.3, 0.4) is 0 Å². The largest absolute Gasteiger partial charge is 0.378 e. The van der Waals surface area contributed by atoms with Gasteiger partial charge in [-0.25, -0.2) is 0 Å². The summed E-state index contributed by atoms with van der Waals surface area (Å²) in [5, 5.41) is 4.83. The number of thioether (sulfide) groups is 1. The second-order valence-electron chi connectivity index (χ2n) is 5.01. The molecular formula is C15H23N3OS. The molecule has 0 fully saturated rings. The molecule has 0 radical (unpaired) electrons. The highest BCUT2D eigenvalue weighted by Gasteiger charge is 2.20. The van der Waals surface area contributed by atoms with E-state index in [0.29, 0.717) is 5.25 Å². The lowest BCUT2D eigenvalue weighted by Crippen LogP contribution is -2.25. The lowest BCUT2D eigenvalue weighted by atomic mass is 10.1. The van der Waals surface area contributed by atoms with Crippen LogP contribution in [0.1, 0.15) is 10.8 Å². The Morgan fingerprint density at radius 1 is 1.30 bits per heavy atom. The Morgan fingerprint density at radius 3 is 2.85 bits per heavy atom. The lowest BCUT2D eigenvalue weighted by Gasteiger charge is -2.11. The van der Waals surface area contributed by atoms with E-state index >= 15 is 0 Å². The monoisotopic (exact) mass is 293 g/mol. The van der Waals surface area contributed by atoms with Crippen LogP contribution in [0, 0.1) is 0 Å². The molecule has 1 unspecified atom stereocenters. The van der Waals surface area contributed by atoms with Gasteiger partial charge in [0.1, 0.15) is 0 Å². The molecule has 4 nitrogen and oxygen atoms in total. The van der Waals surface area contributed by atoms with Crippen LogP contribution in [0.2, 0.25) is 0 Å². The molecule has 1 aliphatic heterocycles. The van der Waals surface area contributed by atoms with Crippen LogP contribution in [0.5, 0.6) is 0 Å². The Morgan fingerprint density at radius 2 is 2.10 bits per heavy atom. The minimum Gasteiger partial charge on any atom is -0.378 e. The summed E-state index contributed by atoms with van der Waals surface area (Å²) in [6.45, 7) is 4.15. The fraction of sp³-hybridized carbons (Fsp3) is 0.533. The molecule has 110 valence electrons.